The van der Waals surface area contributed by atoms with Gasteiger partial charge in [-0.25, -0.2) is 4.79 Å². The monoisotopic (exact) mass is 170 g/mol. The molecule has 1 aliphatic heterocycles. The molecule has 0 amide bonds. The summed E-state index contributed by atoms with van der Waals surface area (Å²) in [5.74, 6) is -0.236. The normalized spacial score (nSPS) is 13.2. The molecule has 12 heavy (non-hydrogen) atoms. The average molecular weight is 170 g/mol. The second-order valence-electron chi connectivity index (χ2n) is 1.90. The van der Waals surface area contributed by atoms with Crippen LogP contribution in [0.2, 0.25) is 0 Å². The van der Waals surface area contributed by atoms with E-state index in [4.69, 9.17) is 0 Å². The van der Waals surface area contributed by atoms with Gasteiger partial charge in [-0.3, -0.25) is 0 Å². The topological polar surface area (TPSA) is 26.3 Å². The van der Waals surface area contributed by atoms with Crippen molar-refractivity contribution < 1.29 is 9.53 Å². The van der Waals surface area contributed by atoms with E-state index >= 15 is 0 Å². The largest absolute Gasteiger partial charge is 0.462 e. The maximum atomic E-state index is 10.3. The van der Waals surface area contributed by atoms with Crippen molar-refractivity contribution in [2.75, 3.05) is 6.61 Å². The Morgan fingerprint density at radius 2 is 1.92 bits per heavy atom. The van der Waals surface area contributed by atoms with Crippen LogP contribution in [0.25, 0.3) is 0 Å². The third-order valence-corrected chi connectivity index (χ3v) is 0.926. The van der Waals surface area contributed by atoms with Crippen molar-refractivity contribution in [3.63, 3.8) is 0 Å². The quantitative estimate of drug-likeness (QED) is 0.317. The SMILES string of the molecule is C=C1CCOC1=O.C=CC.CC. The summed E-state index contributed by atoms with van der Waals surface area (Å²) in [5.41, 5.74) is 0.597. The van der Waals surface area contributed by atoms with Crippen LogP contribution < -0.4 is 0 Å². The molecule has 0 saturated carbocycles. The lowest BCUT2D eigenvalue weighted by molar-refractivity contribution is -0.135. The van der Waals surface area contributed by atoms with Gasteiger partial charge in [-0.15, -0.1) is 6.58 Å². The summed E-state index contributed by atoms with van der Waals surface area (Å²) >= 11 is 0. The Morgan fingerprint density at radius 1 is 1.50 bits per heavy atom. The maximum absolute atomic E-state index is 10.3. The summed E-state index contributed by atoms with van der Waals surface area (Å²) in [6.45, 7) is 13.2. The van der Waals surface area contributed by atoms with E-state index in [0.29, 0.717) is 18.6 Å². The predicted molar refractivity (Wildman–Crippen MR) is 51.9 cm³/mol. The molecule has 0 spiro atoms. The van der Waals surface area contributed by atoms with Crippen LogP contribution in [0.15, 0.2) is 24.8 Å². The zero-order valence-corrected chi connectivity index (χ0v) is 8.22. The van der Waals surface area contributed by atoms with Crippen LogP contribution in [0, 0.1) is 0 Å². The molecule has 2 nitrogen and oxygen atoms in total. The number of carbonyl (C=O) groups is 1. The van der Waals surface area contributed by atoms with Gasteiger partial charge >= 0.3 is 5.97 Å². The summed E-state index contributed by atoms with van der Waals surface area (Å²) in [7, 11) is 0. The molecule has 0 aliphatic carbocycles. The standard InChI is InChI=1S/C5H6O2.C3H6.C2H6/c1-4-2-3-7-5(4)6;1-3-2;1-2/h1-3H2;3H,1H2,2H3;1-2H3. The molecule has 0 unspecified atom stereocenters. The predicted octanol–water partition coefficient (Wildman–Crippen LogP) is 2.71. The Labute approximate surface area is 74.9 Å². The molecule has 0 aromatic heterocycles. The number of rotatable bonds is 0. The average Bonchev–Trinajstić information content (AvgIpc) is 2.42. The maximum Gasteiger partial charge on any atom is 0.333 e. The number of cyclic esters (lactones) is 1. The molecule has 1 aliphatic rings. The minimum atomic E-state index is -0.236. The highest BCUT2D eigenvalue weighted by Crippen LogP contribution is 2.08. The molecule has 0 radical (unpaired) electrons. The van der Waals surface area contributed by atoms with Crippen molar-refractivity contribution in [3.8, 4) is 0 Å². The number of hydrogen-bond acceptors (Lipinski definition) is 2. The first-order chi connectivity index (χ1) is 5.72. The van der Waals surface area contributed by atoms with E-state index in [1.165, 1.54) is 0 Å². The minimum absolute atomic E-state index is 0.236. The molecule has 0 bridgehead atoms. The van der Waals surface area contributed by atoms with Crippen molar-refractivity contribution in [1.29, 1.82) is 0 Å². The Bertz CT molecular complexity index is 134. The van der Waals surface area contributed by atoms with Crippen molar-refractivity contribution in [2.45, 2.75) is 27.2 Å². The van der Waals surface area contributed by atoms with Crippen LogP contribution in [0.5, 0.6) is 0 Å². The molecule has 0 aromatic rings. The molecule has 2 heteroatoms. The van der Waals surface area contributed by atoms with Gasteiger partial charge in [0, 0.05) is 12.0 Å². The number of carbonyl (C=O) groups excluding carboxylic acids is 1. The van der Waals surface area contributed by atoms with Crippen molar-refractivity contribution in [1.82, 2.24) is 0 Å². The van der Waals surface area contributed by atoms with Gasteiger partial charge in [0.1, 0.15) is 0 Å². The van der Waals surface area contributed by atoms with Crippen LogP contribution in [0.1, 0.15) is 27.2 Å². The molecule has 0 N–H and O–H groups in total. The second-order valence-corrected chi connectivity index (χ2v) is 1.90. The summed E-state index contributed by atoms with van der Waals surface area (Å²) in [6, 6.07) is 0. The Hall–Kier alpha value is -1.05. The highest BCUT2D eigenvalue weighted by molar-refractivity contribution is 5.89. The third kappa shape index (κ3) is 7.06. The van der Waals surface area contributed by atoms with Gasteiger partial charge in [0.2, 0.25) is 0 Å². The van der Waals surface area contributed by atoms with Gasteiger partial charge < -0.3 is 4.74 Å². The van der Waals surface area contributed by atoms with Crippen LogP contribution in [-0.4, -0.2) is 12.6 Å². The lowest BCUT2D eigenvalue weighted by Gasteiger charge is -1.82. The van der Waals surface area contributed by atoms with Crippen LogP contribution in [0.4, 0.5) is 0 Å². The van der Waals surface area contributed by atoms with Gasteiger partial charge in [0.05, 0.1) is 6.61 Å². The fourth-order valence-corrected chi connectivity index (χ4v) is 0.471. The second kappa shape index (κ2) is 9.95. The van der Waals surface area contributed by atoms with Crippen LogP contribution in [-0.2, 0) is 9.53 Å². The van der Waals surface area contributed by atoms with Gasteiger partial charge in [0.25, 0.3) is 0 Å². The lowest BCUT2D eigenvalue weighted by Crippen LogP contribution is -1.91. The fourth-order valence-electron chi connectivity index (χ4n) is 0.471. The van der Waals surface area contributed by atoms with Crippen molar-refractivity contribution >= 4 is 5.97 Å². The summed E-state index contributed by atoms with van der Waals surface area (Å²) in [6.07, 6.45) is 2.46. The first-order valence-corrected chi connectivity index (χ1v) is 4.14. The number of allylic oxidation sites excluding steroid dienone is 1. The molecular weight excluding hydrogens is 152 g/mol. The summed E-state index contributed by atoms with van der Waals surface area (Å²) in [4.78, 5) is 10.3. The molecule has 0 aromatic carbocycles. The fraction of sp³-hybridized carbons (Fsp3) is 0.500. The molecule has 1 saturated heterocycles. The Kier molecular flexibility index (Phi) is 11.2. The van der Waals surface area contributed by atoms with E-state index in [9.17, 15) is 4.79 Å². The highest BCUT2D eigenvalue weighted by Gasteiger charge is 2.14. The van der Waals surface area contributed by atoms with E-state index in [-0.39, 0.29) is 5.97 Å². The zero-order valence-electron chi connectivity index (χ0n) is 8.22. The molecule has 0 atom stereocenters. The van der Waals surface area contributed by atoms with Crippen LogP contribution >= 0.6 is 0 Å². The zero-order chi connectivity index (χ0) is 9.98. The molecule has 70 valence electrons. The van der Waals surface area contributed by atoms with E-state index in [1.54, 1.807) is 6.08 Å². The van der Waals surface area contributed by atoms with E-state index in [0.717, 1.165) is 0 Å². The Morgan fingerprint density at radius 3 is 2.00 bits per heavy atom. The Balaban J connectivity index is 0. The molecule has 1 rings (SSSR count). The van der Waals surface area contributed by atoms with Gasteiger partial charge in [-0.1, -0.05) is 26.5 Å². The number of ether oxygens (including phenoxy) is 1. The smallest absolute Gasteiger partial charge is 0.333 e. The summed E-state index contributed by atoms with van der Waals surface area (Å²) < 4.78 is 4.53. The third-order valence-electron chi connectivity index (χ3n) is 0.926. The number of esters is 1. The first-order valence-electron chi connectivity index (χ1n) is 4.14. The minimum Gasteiger partial charge on any atom is -0.462 e. The van der Waals surface area contributed by atoms with E-state index in [1.807, 2.05) is 20.8 Å². The highest BCUT2D eigenvalue weighted by atomic mass is 16.5. The molecular formula is C10H18O2. The lowest BCUT2D eigenvalue weighted by atomic mass is 10.3. The number of hydrogen-bond donors (Lipinski definition) is 0. The van der Waals surface area contributed by atoms with Gasteiger partial charge in [-0.05, 0) is 6.92 Å². The molecule has 1 heterocycles. The van der Waals surface area contributed by atoms with E-state index in [2.05, 4.69) is 17.9 Å². The van der Waals surface area contributed by atoms with Crippen molar-refractivity contribution in [2.24, 2.45) is 0 Å². The first kappa shape index (κ1) is 13.5. The van der Waals surface area contributed by atoms with Gasteiger partial charge in [-0.2, -0.15) is 0 Å². The summed E-state index contributed by atoms with van der Waals surface area (Å²) in [5, 5.41) is 0. The van der Waals surface area contributed by atoms with Crippen molar-refractivity contribution in [3.05, 3.63) is 24.8 Å². The van der Waals surface area contributed by atoms with Crippen LogP contribution in [0.3, 0.4) is 0 Å². The molecule has 1 fully saturated rings. The van der Waals surface area contributed by atoms with Gasteiger partial charge in [0.15, 0.2) is 0 Å². The van der Waals surface area contributed by atoms with E-state index < -0.39 is 0 Å².